The summed E-state index contributed by atoms with van der Waals surface area (Å²) in [5, 5.41) is 9.57. The fraction of sp³-hybridized carbons (Fsp3) is 0.107. The first-order valence-electron chi connectivity index (χ1n) is 10.4. The summed E-state index contributed by atoms with van der Waals surface area (Å²) in [5.74, 6) is 0.893. The molecule has 0 aromatic heterocycles. The fourth-order valence-corrected chi connectivity index (χ4v) is 2.98. The molecule has 0 atom stereocenters. The predicted octanol–water partition coefficient (Wildman–Crippen LogP) is 6.99. The second-order valence-electron chi connectivity index (χ2n) is 6.86. The van der Waals surface area contributed by atoms with Gasteiger partial charge in [0.25, 0.3) is 0 Å². The van der Waals surface area contributed by atoms with E-state index in [0.717, 1.165) is 11.1 Å². The quantitative estimate of drug-likeness (QED) is 0.129. The molecule has 0 aliphatic carbocycles. The summed E-state index contributed by atoms with van der Waals surface area (Å²) in [4.78, 5) is 16.5. The van der Waals surface area contributed by atoms with Gasteiger partial charge in [0.1, 0.15) is 11.5 Å². The Morgan fingerprint density at radius 2 is 1.68 bits per heavy atom. The van der Waals surface area contributed by atoms with Crippen LogP contribution in [-0.2, 0) is 4.74 Å². The smallest absolute Gasteiger partial charge is 0.337 e. The molecular weight excluding hydrogens is 448 g/mol. The van der Waals surface area contributed by atoms with Crippen LogP contribution in [0.1, 0.15) is 35.3 Å². The van der Waals surface area contributed by atoms with Crippen molar-refractivity contribution in [2.24, 2.45) is 4.99 Å². The molecule has 0 heterocycles. The van der Waals surface area contributed by atoms with E-state index in [1.54, 1.807) is 49.4 Å². The van der Waals surface area contributed by atoms with Crippen LogP contribution in [0.2, 0.25) is 0 Å². The van der Waals surface area contributed by atoms with Gasteiger partial charge in [0.05, 0.1) is 35.7 Å². The van der Waals surface area contributed by atoms with Gasteiger partial charge in [-0.2, -0.15) is 5.26 Å². The van der Waals surface area contributed by atoms with Crippen LogP contribution in [0, 0.1) is 11.3 Å². The van der Waals surface area contributed by atoms with Crippen molar-refractivity contribution in [2.45, 2.75) is 13.8 Å². The van der Waals surface area contributed by atoms with Crippen molar-refractivity contribution in [2.75, 3.05) is 7.11 Å². The molecule has 5 nitrogen and oxygen atoms in total. The van der Waals surface area contributed by atoms with Crippen LogP contribution in [-0.4, -0.2) is 18.8 Å². The molecule has 0 unspecified atom stereocenters. The number of hydrogen-bond donors (Lipinski definition) is 0. The van der Waals surface area contributed by atoms with Gasteiger partial charge in [-0.25, -0.2) is 9.79 Å². The number of methoxy groups -OCH3 is 1. The van der Waals surface area contributed by atoms with E-state index in [1.165, 1.54) is 12.6 Å². The molecule has 0 aliphatic rings. The van der Waals surface area contributed by atoms with Crippen LogP contribution in [0.25, 0.3) is 5.70 Å². The van der Waals surface area contributed by atoms with Gasteiger partial charge in [0.15, 0.2) is 0 Å². The number of halogens is 1. The molecule has 2 aromatic rings. The van der Waals surface area contributed by atoms with E-state index in [2.05, 4.69) is 12.6 Å². The first kappa shape index (κ1) is 26.1. The molecular formula is C28H25ClN2O3. The Morgan fingerprint density at radius 1 is 1.06 bits per heavy atom. The minimum Gasteiger partial charge on any atom is -0.465 e. The van der Waals surface area contributed by atoms with Gasteiger partial charge in [-0.3, -0.25) is 0 Å². The molecule has 0 N–H and O–H groups in total. The maximum absolute atomic E-state index is 11.7. The number of esters is 1. The molecule has 0 bridgehead atoms. The molecule has 0 saturated carbocycles. The van der Waals surface area contributed by atoms with Crippen LogP contribution in [0.15, 0.2) is 107 Å². The minimum absolute atomic E-state index is 0.420. The summed E-state index contributed by atoms with van der Waals surface area (Å²) in [6, 6.07) is 16.2. The Bertz CT molecular complexity index is 1210. The Hall–Kier alpha value is -4.14. The lowest BCUT2D eigenvalue weighted by Gasteiger charge is -2.10. The zero-order valence-corrected chi connectivity index (χ0v) is 20.0. The Kier molecular flexibility index (Phi) is 10.3. The van der Waals surface area contributed by atoms with Crippen LogP contribution in [0.5, 0.6) is 5.75 Å². The molecule has 0 fully saturated rings. The third-order valence-corrected chi connectivity index (χ3v) is 4.75. The van der Waals surface area contributed by atoms with Gasteiger partial charge in [-0.15, -0.1) is 0 Å². The third kappa shape index (κ3) is 7.19. The molecule has 0 saturated heterocycles. The third-order valence-electron chi connectivity index (χ3n) is 4.62. The second-order valence-corrected chi connectivity index (χ2v) is 7.11. The lowest BCUT2D eigenvalue weighted by atomic mass is 10.0. The van der Waals surface area contributed by atoms with E-state index >= 15 is 0 Å². The Balaban J connectivity index is 2.45. The number of aliphatic imine (C=N–C) groups is 1. The molecule has 0 aliphatic heterocycles. The standard InChI is InChI=1S/C28H25ClN2O3/c1-5-7-8-24(6-2)34-25-15-13-22(14-16-25)27(20(3)19-30)31-26(17-18-29)21-9-11-23(12-10-21)28(32)33-4/h5-18H,1H2,2-4H3/b8-7-,18-17+,24-6+,27-20+,31-26-. The van der Waals surface area contributed by atoms with Crippen LogP contribution < -0.4 is 4.74 Å². The summed E-state index contributed by atoms with van der Waals surface area (Å²) in [7, 11) is 1.33. The topological polar surface area (TPSA) is 71.7 Å². The SMILES string of the molecule is C=C/C=C\C(=C/C)Oc1ccc(C(/N=C(/C=C/Cl)c2ccc(C(=O)OC)cc2)=C(/C)C#N)cc1. The van der Waals surface area contributed by atoms with E-state index in [-0.39, 0.29) is 0 Å². The largest absolute Gasteiger partial charge is 0.465 e. The van der Waals surface area contributed by atoms with Crippen molar-refractivity contribution < 1.29 is 14.3 Å². The van der Waals surface area contributed by atoms with Crippen molar-refractivity contribution >= 4 is 29.0 Å². The second kappa shape index (κ2) is 13.4. The number of nitrogens with zero attached hydrogens (tertiary/aromatic N) is 2. The van der Waals surface area contributed by atoms with Crippen LogP contribution in [0.3, 0.4) is 0 Å². The number of carbonyl (C=O) groups excluding carboxylic acids is 1. The van der Waals surface area contributed by atoms with Crippen molar-refractivity contribution in [1.29, 1.82) is 5.26 Å². The van der Waals surface area contributed by atoms with Gasteiger partial charge >= 0.3 is 5.97 Å². The highest BCUT2D eigenvalue weighted by Gasteiger charge is 2.11. The lowest BCUT2D eigenvalue weighted by molar-refractivity contribution is 0.0600. The van der Waals surface area contributed by atoms with Crippen LogP contribution in [0.4, 0.5) is 0 Å². The van der Waals surface area contributed by atoms with Crippen molar-refractivity contribution in [3.63, 3.8) is 0 Å². The van der Waals surface area contributed by atoms with Crippen molar-refractivity contribution in [1.82, 2.24) is 0 Å². The molecule has 0 radical (unpaired) electrons. The van der Waals surface area contributed by atoms with E-state index in [0.29, 0.717) is 34.1 Å². The van der Waals surface area contributed by atoms with E-state index in [9.17, 15) is 10.1 Å². The lowest BCUT2D eigenvalue weighted by Crippen LogP contribution is -2.03. The van der Waals surface area contributed by atoms with Gasteiger partial charge in [-0.1, -0.05) is 42.5 Å². The summed E-state index contributed by atoms with van der Waals surface area (Å²) < 4.78 is 10.6. The summed E-state index contributed by atoms with van der Waals surface area (Å²) in [5.41, 5.74) is 4.68. The average molecular weight is 473 g/mol. The monoisotopic (exact) mass is 472 g/mol. The van der Waals surface area contributed by atoms with Crippen molar-refractivity contribution in [3.05, 3.63) is 119 Å². The number of ether oxygens (including phenoxy) is 2. The first-order chi connectivity index (χ1) is 16.5. The highest BCUT2D eigenvalue weighted by atomic mass is 35.5. The zero-order valence-electron chi connectivity index (χ0n) is 19.3. The average Bonchev–Trinajstić information content (AvgIpc) is 2.88. The van der Waals surface area contributed by atoms with Gasteiger partial charge in [0.2, 0.25) is 0 Å². The number of rotatable bonds is 9. The Labute approximate surface area is 205 Å². The number of allylic oxidation sites excluding steroid dienone is 6. The number of nitriles is 1. The summed E-state index contributed by atoms with van der Waals surface area (Å²) >= 11 is 5.86. The summed E-state index contributed by atoms with van der Waals surface area (Å²) in [6.45, 7) is 7.24. The molecule has 6 heteroatoms. The van der Waals surface area contributed by atoms with Crippen LogP contribution >= 0.6 is 11.6 Å². The normalized spacial score (nSPS) is 12.9. The highest BCUT2D eigenvalue weighted by Crippen LogP contribution is 2.25. The van der Waals surface area contributed by atoms with E-state index in [4.69, 9.17) is 26.1 Å². The highest BCUT2D eigenvalue weighted by molar-refractivity contribution is 6.28. The van der Waals surface area contributed by atoms with Gasteiger partial charge in [-0.05, 0) is 68.5 Å². The van der Waals surface area contributed by atoms with Gasteiger partial charge in [0, 0.05) is 16.7 Å². The maximum atomic E-state index is 11.7. The maximum Gasteiger partial charge on any atom is 0.337 e. The molecule has 34 heavy (non-hydrogen) atoms. The Morgan fingerprint density at radius 3 is 2.21 bits per heavy atom. The molecule has 2 rings (SSSR count). The molecule has 0 amide bonds. The number of carbonyl (C=O) groups is 1. The fourth-order valence-electron chi connectivity index (χ4n) is 2.86. The molecule has 0 spiro atoms. The predicted molar refractivity (Wildman–Crippen MR) is 138 cm³/mol. The van der Waals surface area contributed by atoms with Gasteiger partial charge < -0.3 is 9.47 Å². The van der Waals surface area contributed by atoms with E-state index < -0.39 is 5.97 Å². The minimum atomic E-state index is -0.429. The zero-order chi connectivity index (χ0) is 24.9. The molecule has 172 valence electrons. The first-order valence-corrected chi connectivity index (χ1v) is 10.8. The summed E-state index contributed by atoms with van der Waals surface area (Å²) in [6.07, 6.45) is 8.75. The van der Waals surface area contributed by atoms with Crippen molar-refractivity contribution in [3.8, 4) is 11.8 Å². The molecule has 2 aromatic carbocycles. The van der Waals surface area contributed by atoms with E-state index in [1.807, 2.05) is 43.3 Å². The number of hydrogen-bond acceptors (Lipinski definition) is 5. The number of benzene rings is 2.